The van der Waals surface area contributed by atoms with Gasteiger partial charge in [0.2, 0.25) is 5.91 Å². The molecule has 0 spiro atoms. The van der Waals surface area contributed by atoms with E-state index < -0.39 is 0 Å². The molecule has 5 rings (SSSR count). The summed E-state index contributed by atoms with van der Waals surface area (Å²) < 4.78 is 0. The number of amides is 3. The predicted molar refractivity (Wildman–Crippen MR) is 90.3 cm³/mol. The zero-order valence-corrected chi connectivity index (χ0v) is 13.8. The minimum Gasteiger partial charge on any atom is -0.336 e. The Kier molecular flexibility index (Phi) is 4.14. The zero-order chi connectivity index (χ0) is 16.5. The summed E-state index contributed by atoms with van der Waals surface area (Å²) in [5.41, 5.74) is 1.12. The van der Waals surface area contributed by atoms with Crippen LogP contribution in [0.3, 0.4) is 0 Å². The molecule has 2 bridgehead atoms. The lowest BCUT2D eigenvalue weighted by molar-refractivity contribution is -0.129. The summed E-state index contributed by atoms with van der Waals surface area (Å²) in [6.45, 7) is 2.94. The van der Waals surface area contributed by atoms with Crippen molar-refractivity contribution in [1.82, 2.24) is 20.4 Å². The van der Waals surface area contributed by atoms with Crippen molar-refractivity contribution in [2.75, 3.05) is 19.6 Å². The number of hydrogen-bond donors (Lipinski definition) is 2. The fourth-order valence-electron chi connectivity index (χ4n) is 4.02. The van der Waals surface area contributed by atoms with Gasteiger partial charge in [0.25, 0.3) is 0 Å². The highest BCUT2D eigenvalue weighted by molar-refractivity contribution is 5.88. The van der Waals surface area contributed by atoms with Crippen LogP contribution in [0.2, 0.25) is 0 Å². The number of nitrogens with one attached hydrogen (secondary N) is 2. The van der Waals surface area contributed by atoms with Crippen LogP contribution < -0.4 is 10.6 Å². The molecule has 4 heterocycles. The van der Waals surface area contributed by atoms with Crippen LogP contribution in [0, 0.1) is 0 Å². The Morgan fingerprint density at radius 3 is 2.71 bits per heavy atom. The summed E-state index contributed by atoms with van der Waals surface area (Å²) in [7, 11) is 0. The second-order valence-electron chi connectivity index (χ2n) is 7.02. The number of rotatable bonds is 3. The Bertz CT molecular complexity index is 613. The van der Waals surface area contributed by atoms with Gasteiger partial charge < -0.3 is 20.4 Å². The SMILES string of the molecule is O=C1C(NC(=O)N2CC3CCC2CN3)CCN1Cc1ccccc1. The molecular formula is C18H24N4O2. The van der Waals surface area contributed by atoms with Crippen LogP contribution in [0.5, 0.6) is 0 Å². The van der Waals surface area contributed by atoms with Crippen molar-refractivity contribution in [2.45, 2.75) is 43.9 Å². The Morgan fingerprint density at radius 2 is 2.04 bits per heavy atom. The van der Waals surface area contributed by atoms with E-state index in [1.165, 1.54) is 0 Å². The van der Waals surface area contributed by atoms with Crippen molar-refractivity contribution >= 4 is 11.9 Å². The lowest BCUT2D eigenvalue weighted by atomic mass is 9.93. The number of nitrogens with zero attached hydrogens (tertiary/aromatic N) is 2. The summed E-state index contributed by atoms with van der Waals surface area (Å²) in [5.74, 6) is 0.0347. The quantitative estimate of drug-likeness (QED) is 0.868. The highest BCUT2D eigenvalue weighted by Crippen LogP contribution is 2.23. The van der Waals surface area contributed by atoms with Crippen molar-refractivity contribution < 1.29 is 9.59 Å². The fraction of sp³-hybridized carbons (Fsp3) is 0.556. The fourth-order valence-corrected chi connectivity index (χ4v) is 4.02. The first-order valence-electron chi connectivity index (χ1n) is 8.84. The molecule has 128 valence electrons. The molecule has 6 heteroatoms. The van der Waals surface area contributed by atoms with Gasteiger partial charge in [0.05, 0.1) is 0 Å². The van der Waals surface area contributed by atoms with E-state index in [4.69, 9.17) is 0 Å². The number of piperazine rings is 1. The van der Waals surface area contributed by atoms with Crippen LogP contribution in [-0.4, -0.2) is 59.5 Å². The maximum Gasteiger partial charge on any atom is 0.318 e. The molecule has 6 nitrogen and oxygen atoms in total. The third kappa shape index (κ3) is 2.98. The average molecular weight is 328 g/mol. The zero-order valence-electron chi connectivity index (χ0n) is 13.8. The van der Waals surface area contributed by atoms with E-state index in [2.05, 4.69) is 10.6 Å². The van der Waals surface area contributed by atoms with Gasteiger partial charge in [0.1, 0.15) is 6.04 Å². The molecule has 0 radical (unpaired) electrons. The second-order valence-corrected chi connectivity index (χ2v) is 7.02. The van der Waals surface area contributed by atoms with E-state index in [0.717, 1.165) is 31.5 Å². The first-order chi connectivity index (χ1) is 11.7. The molecule has 4 aliphatic rings. The normalized spacial score (nSPS) is 29.2. The van der Waals surface area contributed by atoms with Crippen molar-refractivity contribution in [1.29, 1.82) is 0 Å². The van der Waals surface area contributed by atoms with Crippen LogP contribution >= 0.6 is 0 Å². The monoisotopic (exact) mass is 328 g/mol. The number of piperidine rings is 2. The van der Waals surface area contributed by atoms with Crippen LogP contribution in [-0.2, 0) is 11.3 Å². The summed E-state index contributed by atoms with van der Waals surface area (Å²) in [4.78, 5) is 28.9. The van der Waals surface area contributed by atoms with Gasteiger partial charge in [-0.1, -0.05) is 30.3 Å². The predicted octanol–water partition coefficient (Wildman–Crippen LogP) is 0.933. The molecule has 24 heavy (non-hydrogen) atoms. The molecule has 1 aromatic carbocycles. The number of benzene rings is 1. The van der Waals surface area contributed by atoms with Gasteiger partial charge in [0.15, 0.2) is 0 Å². The van der Waals surface area contributed by atoms with E-state index in [1.54, 1.807) is 0 Å². The first-order valence-corrected chi connectivity index (χ1v) is 8.84. The number of carbonyl (C=O) groups excluding carboxylic acids is 2. The number of likely N-dealkylation sites (tertiary alicyclic amines) is 1. The molecule has 4 fully saturated rings. The molecule has 0 aromatic heterocycles. The number of carbonyl (C=O) groups is 2. The Balaban J connectivity index is 1.34. The van der Waals surface area contributed by atoms with Gasteiger partial charge in [-0.2, -0.15) is 0 Å². The molecule has 0 saturated carbocycles. The van der Waals surface area contributed by atoms with E-state index in [9.17, 15) is 9.59 Å². The minimum absolute atomic E-state index is 0.0347. The Morgan fingerprint density at radius 1 is 1.21 bits per heavy atom. The number of fused-ring (bicyclic) bond motifs is 3. The Labute approximate surface area is 142 Å². The summed E-state index contributed by atoms with van der Waals surface area (Å²) in [6.07, 6.45) is 2.89. The molecule has 2 N–H and O–H groups in total. The van der Waals surface area contributed by atoms with Gasteiger partial charge in [-0.05, 0) is 24.8 Å². The van der Waals surface area contributed by atoms with Crippen molar-refractivity contribution in [2.24, 2.45) is 0 Å². The minimum atomic E-state index is -0.380. The molecule has 3 unspecified atom stereocenters. The van der Waals surface area contributed by atoms with Crippen LogP contribution in [0.4, 0.5) is 4.79 Å². The average Bonchev–Trinajstić information content (AvgIpc) is 2.97. The Hall–Kier alpha value is -2.08. The molecule has 4 saturated heterocycles. The lowest BCUT2D eigenvalue weighted by Crippen LogP contribution is -2.65. The smallest absolute Gasteiger partial charge is 0.318 e. The topological polar surface area (TPSA) is 64.7 Å². The van der Waals surface area contributed by atoms with E-state index in [-0.39, 0.29) is 24.0 Å². The molecule has 1 aromatic rings. The van der Waals surface area contributed by atoms with E-state index in [0.29, 0.717) is 25.6 Å². The first kappa shape index (κ1) is 15.4. The molecule has 0 aliphatic carbocycles. The van der Waals surface area contributed by atoms with Crippen LogP contribution in [0.25, 0.3) is 0 Å². The van der Waals surface area contributed by atoms with E-state index in [1.807, 2.05) is 40.1 Å². The van der Waals surface area contributed by atoms with Gasteiger partial charge in [-0.15, -0.1) is 0 Å². The maximum atomic E-state index is 12.6. The van der Waals surface area contributed by atoms with Crippen molar-refractivity contribution in [3.8, 4) is 0 Å². The van der Waals surface area contributed by atoms with Gasteiger partial charge in [-0.25, -0.2) is 4.79 Å². The molecule has 3 atom stereocenters. The van der Waals surface area contributed by atoms with E-state index >= 15 is 0 Å². The van der Waals surface area contributed by atoms with Crippen LogP contribution in [0.1, 0.15) is 24.8 Å². The van der Waals surface area contributed by atoms with Gasteiger partial charge >= 0.3 is 6.03 Å². The lowest BCUT2D eigenvalue weighted by Gasteiger charge is -2.45. The number of hydrogen-bond acceptors (Lipinski definition) is 3. The molecule has 3 amide bonds. The van der Waals surface area contributed by atoms with Crippen molar-refractivity contribution in [3.05, 3.63) is 35.9 Å². The standard InChI is InChI=1S/C18H24N4O2/c23-17-16(8-9-21(17)11-13-4-2-1-3-5-13)20-18(24)22-12-14-6-7-15(22)10-19-14/h1-5,14-16,19H,6-12H2,(H,20,24). The molecular weight excluding hydrogens is 304 g/mol. The third-order valence-corrected chi connectivity index (χ3v) is 5.42. The molecule has 4 aliphatic heterocycles. The van der Waals surface area contributed by atoms with Crippen molar-refractivity contribution in [3.63, 3.8) is 0 Å². The summed E-state index contributed by atoms with van der Waals surface area (Å²) in [5, 5.41) is 6.41. The van der Waals surface area contributed by atoms with Gasteiger partial charge in [0, 0.05) is 38.3 Å². The summed E-state index contributed by atoms with van der Waals surface area (Å²) >= 11 is 0. The van der Waals surface area contributed by atoms with Gasteiger partial charge in [-0.3, -0.25) is 4.79 Å². The third-order valence-electron chi connectivity index (χ3n) is 5.42. The van der Waals surface area contributed by atoms with Crippen LogP contribution in [0.15, 0.2) is 30.3 Å². The number of urea groups is 1. The summed E-state index contributed by atoms with van der Waals surface area (Å²) in [6, 6.07) is 10.2. The largest absolute Gasteiger partial charge is 0.336 e. The highest BCUT2D eigenvalue weighted by atomic mass is 16.2. The highest BCUT2D eigenvalue weighted by Gasteiger charge is 2.39. The second kappa shape index (κ2) is 6.43. The maximum absolute atomic E-state index is 12.6.